The molecule has 1 aliphatic carbocycles. The van der Waals surface area contributed by atoms with E-state index in [0.29, 0.717) is 4.90 Å². The average Bonchev–Trinajstić information content (AvgIpc) is 2.60. The van der Waals surface area contributed by atoms with Crippen molar-refractivity contribution in [2.24, 2.45) is 0 Å². The molecule has 5 heteroatoms. The summed E-state index contributed by atoms with van der Waals surface area (Å²) >= 11 is 0. The molecular weight excluding hydrogens is 337 g/mol. The zero-order valence-corrected chi connectivity index (χ0v) is 15.5. The van der Waals surface area contributed by atoms with Crippen molar-refractivity contribution in [2.75, 3.05) is 6.54 Å². The van der Waals surface area contributed by atoms with Gasteiger partial charge in [-0.25, -0.2) is 17.5 Å². The first-order valence-corrected chi connectivity index (χ1v) is 10.1. The number of benzene rings is 2. The summed E-state index contributed by atoms with van der Waals surface area (Å²) in [4.78, 5) is 0.322. The van der Waals surface area contributed by atoms with Crippen LogP contribution in [0.4, 0.5) is 4.39 Å². The van der Waals surface area contributed by atoms with Gasteiger partial charge in [0.05, 0.1) is 4.90 Å². The molecule has 0 spiro atoms. The summed E-state index contributed by atoms with van der Waals surface area (Å²) in [7, 11) is -3.57. The van der Waals surface area contributed by atoms with Gasteiger partial charge in [0.1, 0.15) is 5.82 Å². The SMILES string of the molecule is CC(C)(CNS(=O)(=O)c1ccc2c(c1)CCCC2)c1ccc(F)cc1. The largest absolute Gasteiger partial charge is 0.240 e. The molecule has 1 N–H and O–H groups in total. The zero-order valence-electron chi connectivity index (χ0n) is 14.7. The first-order chi connectivity index (χ1) is 11.8. The summed E-state index contributed by atoms with van der Waals surface area (Å²) < 4.78 is 41.2. The summed E-state index contributed by atoms with van der Waals surface area (Å²) in [5.41, 5.74) is 2.86. The van der Waals surface area contributed by atoms with Crippen molar-refractivity contribution in [1.82, 2.24) is 4.72 Å². The number of rotatable bonds is 5. The van der Waals surface area contributed by atoms with E-state index >= 15 is 0 Å². The van der Waals surface area contributed by atoms with Crippen LogP contribution in [0.5, 0.6) is 0 Å². The van der Waals surface area contributed by atoms with Crippen LogP contribution in [0.15, 0.2) is 47.4 Å². The smallest absolute Gasteiger partial charge is 0.210 e. The number of halogens is 1. The van der Waals surface area contributed by atoms with Gasteiger partial charge in [-0.2, -0.15) is 0 Å². The van der Waals surface area contributed by atoms with Gasteiger partial charge in [-0.15, -0.1) is 0 Å². The monoisotopic (exact) mass is 361 g/mol. The van der Waals surface area contributed by atoms with Crippen molar-refractivity contribution >= 4 is 10.0 Å². The van der Waals surface area contributed by atoms with Crippen LogP contribution in [0, 0.1) is 5.82 Å². The van der Waals surface area contributed by atoms with E-state index in [1.165, 1.54) is 24.1 Å². The standard InChI is InChI=1S/C20H24FNO2S/c1-20(2,17-8-10-18(21)11-9-17)14-22-25(23,24)19-12-7-15-5-3-4-6-16(15)13-19/h7-13,22H,3-6,14H2,1-2H3. The minimum absolute atomic E-state index is 0.248. The maximum absolute atomic E-state index is 13.1. The molecule has 1 aliphatic rings. The Hall–Kier alpha value is -1.72. The number of hydrogen-bond donors (Lipinski definition) is 1. The van der Waals surface area contributed by atoms with E-state index in [4.69, 9.17) is 0 Å². The Kier molecular flexibility index (Phi) is 4.98. The molecule has 0 saturated carbocycles. The molecule has 0 bridgehead atoms. The van der Waals surface area contributed by atoms with Crippen LogP contribution >= 0.6 is 0 Å². The van der Waals surface area contributed by atoms with Gasteiger partial charge in [0, 0.05) is 12.0 Å². The number of sulfonamides is 1. The van der Waals surface area contributed by atoms with Crippen molar-refractivity contribution in [2.45, 2.75) is 49.8 Å². The fourth-order valence-corrected chi connectivity index (χ4v) is 4.50. The van der Waals surface area contributed by atoms with Gasteiger partial charge in [0.15, 0.2) is 0 Å². The molecule has 0 atom stereocenters. The second-order valence-electron chi connectivity index (χ2n) is 7.35. The third kappa shape index (κ3) is 4.10. The van der Waals surface area contributed by atoms with Crippen LogP contribution < -0.4 is 4.72 Å². The second-order valence-corrected chi connectivity index (χ2v) is 9.12. The van der Waals surface area contributed by atoms with Crippen molar-refractivity contribution in [3.8, 4) is 0 Å². The number of aryl methyl sites for hydroxylation is 2. The number of nitrogens with one attached hydrogen (secondary N) is 1. The highest BCUT2D eigenvalue weighted by molar-refractivity contribution is 7.89. The third-order valence-electron chi connectivity index (χ3n) is 4.96. The van der Waals surface area contributed by atoms with Crippen LogP contribution in [-0.2, 0) is 28.3 Å². The Morgan fingerprint density at radius 2 is 1.64 bits per heavy atom. The highest BCUT2D eigenvalue weighted by atomic mass is 32.2. The maximum atomic E-state index is 13.1. The normalized spacial score (nSPS) is 15.0. The molecule has 0 saturated heterocycles. The van der Waals surface area contributed by atoms with Crippen LogP contribution in [-0.4, -0.2) is 15.0 Å². The molecule has 25 heavy (non-hydrogen) atoms. The minimum atomic E-state index is -3.57. The molecule has 0 unspecified atom stereocenters. The van der Waals surface area contributed by atoms with Crippen molar-refractivity contribution in [3.63, 3.8) is 0 Å². The number of fused-ring (bicyclic) bond motifs is 1. The first kappa shape index (κ1) is 18.1. The lowest BCUT2D eigenvalue weighted by Crippen LogP contribution is -2.36. The molecule has 3 rings (SSSR count). The molecule has 0 aliphatic heterocycles. The van der Waals surface area contributed by atoms with E-state index in [9.17, 15) is 12.8 Å². The highest BCUT2D eigenvalue weighted by Crippen LogP contribution is 2.26. The van der Waals surface area contributed by atoms with Gasteiger partial charge in [-0.05, 0) is 66.6 Å². The minimum Gasteiger partial charge on any atom is -0.210 e. The zero-order chi connectivity index (χ0) is 18.1. The molecule has 0 amide bonds. The van der Waals surface area contributed by atoms with E-state index in [1.807, 2.05) is 26.0 Å². The van der Waals surface area contributed by atoms with Gasteiger partial charge in [-0.1, -0.05) is 32.0 Å². The fourth-order valence-electron chi connectivity index (χ4n) is 3.24. The molecule has 0 fully saturated rings. The Balaban J connectivity index is 1.76. The van der Waals surface area contributed by atoms with Crippen molar-refractivity contribution in [3.05, 3.63) is 65.0 Å². The quantitative estimate of drug-likeness (QED) is 0.876. The maximum Gasteiger partial charge on any atom is 0.240 e. The molecule has 0 aromatic heterocycles. The van der Waals surface area contributed by atoms with Gasteiger partial charge < -0.3 is 0 Å². The Labute approximate surface area is 149 Å². The predicted molar refractivity (Wildman–Crippen MR) is 97.7 cm³/mol. The lowest BCUT2D eigenvalue weighted by atomic mass is 9.85. The fraction of sp³-hybridized carbons (Fsp3) is 0.400. The topological polar surface area (TPSA) is 46.2 Å². The first-order valence-electron chi connectivity index (χ1n) is 8.65. The summed E-state index contributed by atoms with van der Waals surface area (Å²) in [6, 6.07) is 11.6. The lowest BCUT2D eigenvalue weighted by molar-refractivity contribution is 0.500. The van der Waals surface area contributed by atoms with Gasteiger partial charge >= 0.3 is 0 Å². The highest BCUT2D eigenvalue weighted by Gasteiger charge is 2.25. The van der Waals surface area contributed by atoms with Gasteiger partial charge in [0.2, 0.25) is 10.0 Å². The Bertz CT molecular complexity index is 858. The average molecular weight is 361 g/mol. The molecule has 2 aromatic rings. The molecular formula is C20H24FNO2S. The van der Waals surface area contributed by atoms with Crippen molar-refractivity contribution in [1.29, 1.82) is 0 Å². The van der Waals surface area contributed by atoms with Crippen LogP contribution in [0.3, 0.4) is 0 Å². The van der Waals surface area contributed by atoms with Crippen LogP contribution in [0.25, 0.3) is 0 Å². The van der Waals surface area contributed by atoms with Crippen molar-refractivity contribution < 1.29 is 12.8 Å². The summed E-state index contributed by atoms with van der Waals surface area (Å²) in [5.74, 6) is -0.297. The molecule has 0 heterocycles. The van der Waals surface area contributed by atoms with E-state index < -0.39 is 15.4 Å². The van der Waals surface area contributed by atoms with E-state index in [-0.39, 0.29) is 12.4 Å². The lowest BCUT2D eigenvalue weighted by Gasteiger charge is -2.26. The van der Waals surface area contributed by atoms with E-state index in [0.717, 1.165) is 30.4 Å². The number of hydrogen-bond acceptors (Lipinski definition) is 2. The predicted octanol–water partition coefficient (Wildman–Crippen LogP) is 3.96. The Morgan fingerprint density at radius 3 is 2.32 bits per heavy atom. The van der Waals surface area contributed by atoms with Gasteiger partial charge in [-0.3, -0.25) is 0 Å². The van der Waals surface area contributed by atoms with Crippen LogP contribution in [0.2, 0.25) is 0 Å². The summed E-state index contributed by atoms with van der Waals surface area (Å²) in [6.45, 7) is 4.13. The van der Waals surface area contributed by atoms with Gasteiger partial charge in [0.25, 0.3) is 0 Å². The molecule has 3 nitrogen and oxygen atoms in total. The third-order valence-corrected chi connectivity index (χ3v) is 6.36. The van der Waals surface area contributed by atoms with E-state index in [1.54, 1.807) is 18.2 Å². The Morgan fingerprint density at radius 1 is 1.00 bits per heavy atom. The van der Waals surface area contributed by atoms with Crippen LogP contribution in [0.1, 0.15) is 43.4 Å². The van der Waals surface area contributed by atoms with E-state index in [2.05, 4.69) is 4.72 Å². The molecule has 134 valence electrons. The summed E-state index contributed by atoms with van der Waals surface area (Å²) in [6.07, 6.45) is 4.26. The molecule has 0 radical (unpaired) electrons. The second kappa shape index (κ2) is 6.89. The summed E-state index contributed by atoms with van der Waals surface area (Å²) in [5, 5.41) is 0. The molecule has 2 aromatic carbocycles.